The van der Waals surface area contributed by atoms with Gasteiger partial charge in [-0.2, -0.15) is 31.4 Å². The molecule has 0 saturated carbocycles. The first kappa shape index (κ1) is 20.2. The molecule has 1 amide bonds. The van der Waals surface area contributed by atoms with Crippen LogP contribution in [0, 0.1) is 0 Å². The molecule has 0 unspecified atom stereocenters. The molecule has 4 nitrogen and oxygen atoms in total. The Kier molecular flexibility index (Phi) is 5.40. The topological polar surface area (TPSA) is 46.9 Å². The summed E-state index contributed by atoms with van der Waals surface area (Å²) in [5, 5.41) is 6.18. The van der Waals surface area contributed by atoms with Gasteiger partial charge < -0.3 is 5.32 Å². The zero-order valence-corrected chi connectivity index (χ0v) is 14.6. The zero-order chi connectivity index (χ0) is 20.5. The fourth-order valence-electron chi connectivity index (χ4n) is 3.27. The van der Waals surface area contributed by atoms with Crippen LogP contribution in [0.3, 0.4) is 0 Å². The number of alkyl halides is 6. The van der Waals surface area contributed by atoms with Crippen molar-refractivity contribution in [3.05, 3.63) is 52.3 Å². The summed E-state index contributed by atoms with van der Waals surface area (Å²) in [5.41, 5.74) is -0.968. The number of hydrogen-bond acceptors (Lipinski definition) is 2. The number of benzene rings is 1. The minimum Gasteiger partial charge on any atom is -0.350 e. The average Bonchev–Trinajstić information content (AvgIpc) is 3.00. The number of nitrogens with one attached hydrogen (secondary N) is 1. The van der Waals surface area contributed by atoms with Gasteiger partial charge in [0, 0.05) is 23.4 Å². The Morgan fingerprint density at radius 1 is 1.00 bits per heavy atom. The number of amides is 1. The molecule has 3 rings (SSSR count). The molecule has 152 valence electrons. The third-order valence-electron chi connectivity index (χ3n) is 4.61. The summed E-state index contributed by atoms with van der Waals surface area (Å²) in [7, 11) is 0. The van der Waals surface area contributed by atoms with Gasteiger partial charge in [-0.25, -0.2) is 0 Å². The van der Waals surface area contributed by atoms with Gasteiger partial charge in [-0.15, -0.1) is 0 Å². The maximum absolute atomic E-state index is 13.2. The first-order chi connectivity index (χ1) is 13.1. The second kappa shape index (κ2) is 7.48. The molecule has 0 fully saturated rings. The number of rotatable bonds is 4. The fourth-order valence-corrected chi connectivity index (χ4v) is 3.27. The molecule has 2 aromatic rings. The van der Waals surface area contributed by atoms with Gasteiger partial charge in [-0.1, -0.05) is 0 Å². The molecule has 1 aliphatic carbocycles. The molecule has 28 heavy (non-hydrogen) atoms. The number of carbonyl (C=O) groups is 1. The van der Waals surface area contributed by atoms with E-state index in [0.717, 1.165) is 30.7 Å². The number of nitrogens with zero attached hydrogens (tertiary/aromatic N) is 2. The van der Waals surface area contributed by atoms with Crippen molar-refractivity contribution in [2.45, 2.75) is 44.6 Å². The lowest BCUT2D eigenvalue weighted by molar-refractivity contribution is -0.142. The Hall–Kier alpha value is -2.52. The van der Waals surface area contributed by atoms with Gasteiger partial charge in [0.2, 0.25) is 0 Å². The molecule has 1 aromatic heterocycles. The standard InChI is InChI=1S/C18H17F6N3O/c19-17(20,21)12-7-5-11(6-8-12)16(28)25-9-10-27-14-4-2-1-3-13(14)15(26-27)18(22,23)24/h5-8H,1-4,9-10H2,(H,25,28). The van der Waals surface area contributed by atoms with Crippen LogP contribution in [0.5, 0.6) is 0 Å². The quantitative estimate of drug-likeness (QED) is 0.774. The maximum Gasteiger partial charge on any atom is 0.435 e. The van der Waals surface area contributed by atoms with Crippen molar-refractivity contribution in [2.75, 3.05) is 6.54 Å². The fraction of sp³-hybridized carbons (Fsp3) is 0.444. The first-order valence-corrected chi connectivity index (χ1v) is 8.68. The van der Waals surface area contributed by atoms with Crippen molar-refractivity contribution in [3.8, 4) is 0 Å². The van der Waals surface area contributed by atoms with E-state index in [-0.39, 0.29) is 24.2 Å². The number of hydrogen-bond donors (Lipinski definition) is 1. The van der Waals surface area contributed by atoms with Gasteiger partial charge in [0.25, 0.3) is 5.91 Å². The van der Waals surface area contributed by atoms with E-state index >= 15 is 0 Å². The molecule has 0 radical (unpaired) electrons. The monoisotopic (exact) mass is 405 g/mol. The lowest BCUT2D eigenvalue weighted by atomic mass is 9.95. The Labute approximate surface area is 156 Å². The van der Waals surface area contributed by atoms with E-state index in [4.69, 9.17) is 0 Å². The van der Waals surface area contributed by atoms with Gasteiger partial charge in [0.1, 0.15) is 0 Å². The molecular weight excluding hydrogens is 388 g/mol. The van der Waals surface area contributed by atoms with Crippen LogP contribution >= 0.6 is 0 Å². The number of halogens is 6. The molecule has 1 heterocycles. The van der Waals surface area contributed by atoms with Crippen molar-refractivity contribution in [3.63, 3.8) is 0 Å². The van der Waals surface area contributed by atoms with Crippen LogP contribution in [-0.2, 0) is 31.7 Å². The highest BCUT2D eigenvalue weighted by Crippen LogP contribution is 2.35. The van der Waals surface area contributed by atoms with Crippen LogP contribution in [0.4, 0.5) is 26.3 Å². The maximum atomic E-state index is 13.2. The summed E-state index contributed by atoms with van der Waals surface area (Å²) in [6.07, 6.45) is -6.77. The summed E-state index contributed by atoms with van der Waals surface area (Å²) < 4.78 is 78.4. The van der Waals surface area contributed by atoms with Crippen molar-refractivity contribution < 1.29 is 31.1 Å². The average molecular weight is 405 g/mol. The van der Waals surface area contributed by atoms with Crippen molar-refractivity contribution >= 4 is 5.91 Å². The minimum atomic E-state index is -4.53. The highest BCUT2D eigenvalue weighted by Gasteiger charge is 2.39. The van der Waals surface area contributed by atoms with Gasteiger partial charge in [0.05, 0.1) is 12.1 Å². The summed E-state index contributed by atoms with van der Waals surface area (Å²) in [5.74, 6) is -0.606. The third kappa shape index (κ3) is 4.31. The summed E-state index contributed by atoms with van der Waals surface area (Å²) in [6, 6.07) is 3.70. The van der Waals surface area contributed by atoms with Crippen molar-refractivity contribution in [2.24, 2.45) is 0 Å². The van der Waals surface area contributed by atoms with Crippen LogP contribution in [-0.4, -0.2) is 22.2 Å². The number of fused-ring (bicyclic) bond motifs is 1. The van der Waals surface area contributed by atoms with Crippen LogP contribution in [0.25, 0.3) is 0 Å². The predicted molar refractivity (Wildman–Crippen MR) is 87.6 cm³/mol. The Balaban J connectivity index is 1.65. The van der Waals surface area contributed by atoms with E-state index in [9.17, 15) is 31.1 Å². The largest absolute Gasteiger partial charge is 0.435 e. The van der Waals surface area contributed by atoms with Crippen LogP contribution < -0.4 is 5.32 Å². The van der Waals surface area contributed by atoms with Crippen molar-refractivity contribution in [1.29, 1.82) is 0 Å². The zero-order valence-electron chi connectivity index (χ0n) is 14.6. The molecule has 1 aromatic carbocycles. The SMILES string of the molecule is O=C(NCCn1nc(C(F)(F)F)c2c1CCCC2)c1ccc(C(F)(F)F)cc1. The van der Waals surface area contributed by atoms with Gasteiger partial charge in [-0.05, 0) is 49.9 Å². The van der Waals surface area contributed by atoms with E-state index in [1.807, 2.05) is 0 Å². The molecule has 0 saturated heterocycles. The molecule has 0 spiro atoms. The van der Waals surface area contributed by atoms with E-state index in [1.54, 1.807) is 0 Å². The second-order valence-electron chi connectivity index (χ2n) is 6.53. The molecule has 10 heteroatoms. The van der Waals surface area contributed by atoms with E-state index in [1.165, 1.54) is 4.68 Å². The Morgan fingerprint density at radius 2 is 1.64 bits per heavy atom. The lowest BCUT2D eigenvalue weighted by Gasteiger charge is -2.15. The highest BCUT2D eigenvalue weighted by atomic mass is 19.4. The Morgan fingerprint density at radius 3 is 2.25 bits per heavy atom. The van der Waals surface area contributed by atoms with E-state index < -0.39 is 29.5 Å². The van der Waals surface area contributed by atoms with Gasteiger partial charge in [-0.3, -0.25) is 9.48 Å². The molecule has 0 aliphatic heterocycles. The molecule has 1 aliphatic rings. The molecule has 0 bridgehead atoms. The van der Waals surface area contributed by atoms with Crippen LogP contribution in [0.2, 0.25) is 0 Å². The minimum absolute atomic E-state index is 0.00523. The van der Waals surface area contributed by atoms with E-state index in [0.29, 0.717) is 25.0 Å². The summed E-state index contributed by atoms with van der Waals surface area (Å²) in [6.45, 7) is 0.0516. The second-order valence-corrected chi connectivity index (χ2v) is 6.53. The highest BCUT2D eigenvalue weighted by molar-refractivity contribution is 5.94. The third-order valence-corrected chi connectivity index (χ3v) is 4.61. The van der Waals surface area contributed by atoms with Gasteiger partial charge >= 0.3 is 12.4 Å². The summed E-state index contributed by atoms with van der Waals surface area (Å²) >= 11 is 0. The Bertz CT molecular complexity index is 852. The lowest BCUT2D eigenvalue weighted by Crippen LogP contribution is -2.28. The predicted octanol–water partition coefficient (Wildman–Crippen LogP) is 4.23. The van der Waals surface area contributed by atoms with E-state index in [2.05, 4.69) is 10.4 Å². The normalized spacial score (nSPS) is 14.6. The number of carbonyl (C=O) groups excluding carboxylic acids is 1. The van der Waals surface area contributed by atoms with Crippen LogP contribution in [0.15, 0.2) is 24.3 Å². The first-order valence-electron chi connectivity index (χ1n) is 8.68. The van der Waals surface area contributed by atoms with Crippen molar-refractivity contribution in [1.82, 2.24) is 15.1 Å². The molecular formula is C18H17F6N3O. The summed E-state index contributed by atoms with van der Waals surface area (Å²) in [4.78, 5) is 12.0. The molecule has 0 atom stereocenters. The molecule has 1 N–H and O–H groups in total. The number of aromatic nitrogens is 2. The van der Waals surface area contributed by atoms with Crippen LogP contribution in [0.1, 0.15) is 45.7 Å². The smallest absolute Gasteiger partial charge is 0.350 e. The van der Waals surface area contributed by atoms with Gasteiger partial charge in [0.15, 0.2) is 5.69 Å².